The number of hydroxylamine groups is 2. The van der Waals surface area contributed by atoms with Crippen LogP contribution in [0.25, 0.3) is 0 Å². The second-order valence-electron chi connectivity index (χ2n) is 8.48. The van der Waals surface area contributed by atoms with E-state index in [1.807, 2.05) is 56.2 Å². The summed E-state index contributed by atoms with van der Waals surface area (Å²) < 4.78 is 32.2. The van der Waals surface area contributed by atoms with Crippen LogP contribution in [0, 0.1) is 0 Å². The first-order valence-electron chi connectivity index (χ1n) is 10.2. The quantitative estimate of drug-likeness (QED) is 0.644. The molecule has 1 saturated heterocycles. The topological polar surface area (TPSA) is 55.8 Å². The molecular weight excluding hydrogens is 386 g/mol. The van der Waals surface area contributed by atoms with E-state index in [9.17, 15) is 8.42 Å². The lowest BCUT2D eigenvalue weighted by molar-refractivity contribution is -0.257. The normalized spacial score (nSPS) is 21.1. The largest absolute Gasteiger partial charge is 0.457 e. The van der Waals surface area contributed by atoms with Gasteiger partial charge in [-0.15, -0.1) is 0 Å². The standard InChI is InChI=1S/C23H31NO4S/c1-5-18-17-22(15-16-24(18)28-23(2,3)4)29(25,26)21-13-11-20(12-14-21)27-19-9-7-6-8-10-19/h6-14,18,22H,5,15-17H2,1-4H3. The molecule has 1 fully saturated rings. The van der Waals surface area contributed by atoms with Crippen LogP contribution in [0.5, 0.6) is 11.5 Å². The first kappa shape index (κ1) is 21.8. The molecule has 5 nitrogen and oxygen atoms in total. The van der Waals surface area contributed by atoms with Crippen LogP contribution >= 0.6 is 0 Å². The van der Waals surface area contributed by atoms with Gasteiger partial charge in [-0.25, -0.2) is 8.42 Å². The highest BCUT2D eigenvalue weighted by molar-refractivity contribution is 7.92. The molecule has 2 aromatic rings. The van der Waals surface area contributed by atoms with Crippen molar-refractivity contribution >= 4 is 9.84 Å². The van der Waals surface area contributed by atoms with Gasteiger partial charge >= 0.3 is 0 Å². The molecule has 0 saturated carbocycles. The van der Waals surface area contributed by atoms with Crippen LogP contribution < -0.4 is 4.74 Å². The number of nitrogens with zero attached hydrogens (tertiary/aromatic N) is 1. The minimum atomic E-state index is -3.40. The second kappa shape index (κ2) is 8.86. The first-order valence-corrected chi connectivity index (χ1v) is 11.8. The molecule has 29 heavy (non-hydrogen) atoms. The van der Waals surface area contributed by atoms with E-state index < -0.39 is 15.1 Å². The molecule has 2 aromatic carbocycles. The summed E-state index contributed by atoms with van der Waals surface area (Å²) in [7, 11) is -3.40. The Morgan fingerprint density at radius 3 is 2.21 bits per heavy atom. The average Bonchev–Trinajstić information content (AvgIpc) is 2.68. The molecule has 158 valence electrons. The van der Waals surface area contributed by atoms with Gasteiger partial charge in [0.15, 0.2) is 9.84 Å². The van der Waals surface area contributed by atoms with Gasteiger partial charge in [0.25, 0.3) is 0 Å². The Balaban J connectivity index is 1.70. The van der Waals surface area contributed by atoms with Gasteiger partial charge in [-0.05, 0) is 76.4 Å². The third kappa shape index (κ3) is 5.59. The van der Waals surface area contributed by atoms with E-state index in [1.54, 1.807) is 24.3 Å². The fraction of sp³-hybridized carbons (Fsp3) is 0.478. The Bertz CT molecular complexity index is 889. The summed E-state index contributed by atoms with van der Waals surface area (Å²) in [5.41, 5.74) is -0.284. The number of hydrogen-bond donors (Lipinski definition) is 0. The van der Waals surface area contributed by atoms with Crippen molar-refractivity contribution in [1.29, 1.82) is 0 Å². The van der Waals surface area contributed by atoms with E-state index in [-0.39, 0.29) is 11.6 Å². The van der Waals surface area contributed by atoms with E-state index in [1.165, 1.54) is 0 Å². The molecule has 6 heteroatoms. The zero-order chi connectivity index (χ0) is 21.1. The van der Waals surface area contributed by atoms with Crippen molar-refractivity contribution < 1.29 is 18.0 Å². The zero-order valence-corrected chi connectivity index (χ0v) is 18.5. The smallest absolute Gasteiger partial charge is 0.181 e. The molecule has 1 heterocycles. The minimum Gasteiger partial charge on any atom is -0.457 e. The summed E-state index contributed by atoms with van der Waals surface area (Å²) >= 11 is 0. The van der Waals surface area contributed by atoms with E-state index in [2.05, 4.69) is 6.92 Å². The number of ether oxygens (including phenoxy) is 1. The highest BCUT2D eigenvalue weighted by Crippen LogP contribution is 2.32. The monoisotopic (exact) mass is 417 g/mol. The van der Waals surface area contributed by atoms with Gasteiger partial charge in [0.05, 0.1) is 15.7 Å². The van der Waals surface area contributed by atoms with Gasteiger partial charge in [0.2, 0.25) is 0 Å². The van der Waals surface area contributed by atoms with Crippen molar-refractivity contribution in [3.63, 3.8) is 0 Å². The summed E-state index contributed by atoms with van der Waals surface area (Å²) in [6.45, 7) is 8.74. The van der Waals surface area contributed by atoms with E-state index >= 15 is 0 Å². The number of hydrogen-bond acceptors (Lipinski definition) is 5. The molecule has 0 aliphatic carbocycles. The maximum atomic E-state index is 13.2. The number of benzene rings is 2. The van der Waals surface area contributed by atoms with Crippen LogP contribution in [-0.2, 0) is 14.7 Å². The van der Waals surface area contributed by atoms with Gasteiger partial charge in [0, 0.05) is 12.6 Å². The SMILES string of the molecule is CCC1CC(S(=O)(=O)c2ccc(Oc3ccccc3)cc2)CCN1OC(C)(C)C. The van der Waals surface area contributed by atoms with Crippen molar-refractivity contribution in [3.8, 4) is 11.5 Å². The van der Waals surface area contributed by atoms with E-state index in [0.29, 0.717) is 30.0 Å². The van der Waals surface area contributed by atoms with Gasteiger partial charge in [0.1, 0.15) is 11.5 Å². The lowest BCUT2D eigenvalue weighted by Crippen LogP contribution is -2.48. The third-order valence-corrected chi connectivity index (χ3v) is 7.28. The highest BCUT2D eigenvalue weighted by Gasteiger charge is 2.37. The van der Waals surface area contributed by atoms with E-state index in [4.69, 9.17) is 9.57 Å². The minimum absolute atomic E-state index is 0.100. The van der Waals surface area contributed by atoms with Crippen LogP contribution in [0.3, 0.4) is 0 Å². The molecule has 1 aliphatic heterocycles. The lowest BCUT2D eigenvalue weighted by Gasteiger charge is -2.41. The van der Waals surface area contributed by atoms with Crippen LogP contribution in [0.4, 0.5) is 0 Å². The predicted molar refractivity (Wildman–Crippen MR) is 115 cm³/mol. The van der Waals surface area contributed by atoms with Crippen molar-refractivity contribution in [3.05, 3.63) is 54.6 Å². The van der Waals surface area contributed by atoms with E-state index in [0.717, 1.165) is 12.2 Å². The molecule has 0 N–H and O–H groups in total. The molecule has 0 spiro atoms. The molecule has 2 atom stereocenters. The highest BCUT2D eigenvalue weighted by atomic mass is 32.2. The van der Waals surface area contributed by atoms with Crippen LogP contribution in [0.1, 0.15) is 47.0 Å². The fourth-order valence-corrected chi connectivity index (χ4v) is 5.42. The van der Waals surface area contributed by atoms with Gasteiger partial charge in [-0.2, -0.15) is 5.06 Å². The van der Waals surface area contributed by atoms with Crippen molar-refractivity contribution in [1.82, 2.24) is 5.06 Å². The summed E-state index contributed by atoms with van der Waals surface area (Å²) in [4.78, 5) is 6.39. The van der Waals surface area contributed by atoms with Gasteiger partial charge in [-0.1, -0.05) is 25.1 Å². The van der Waals surface area contributed by atoms with Crippen molar-refractivity contribution in [2.75, 3.05) is 6.54 Å². The Morgan fingerprint density at radius 1 is 1.00 bits per heavy atom. The summed E-state index contributed by atoms with van der Waals surface area (Å²) in [5, 5.41) is 1.58. The Kier molecular flexibility index (Phi) is 6.66. The molecule has 0 radical (unpaired) electrons. The molecule has 0 amide bonds. The number of piperidine rings is 1. The van der Waals surface area contributed by atoms with Crippen LogP contribution in [0.2, 0.25) is 0 Å². The maximum absolute atomic E-state index is 13.2. The molecule has 1 aliphatic rings. The maximum Gasteiger partial charge on any atom is 0.181 e. The average molecular weight is 418 g/mol. The van der Waals surface area contributed by atoms with Crippen molar-refractivity contribution in [2.45, 2.75) is 68.7 Å². The Labute approximate surface area is 174 Å². The molecular formula is C23H31NO4S. The zero-order valence-electron chi connectivity index (χ0n) is 17.7. The summed E-state index contributed by atoms with van der Waals surface area (Å²) in [6.07, 6.45) is 2.00. The Morgan fingerprint density at radius 2 is 1.62 bits per heavy atom. The summed E-state index contributed by atoms with van der Waals surface area (Å²) in [5.74, 6) is 1.34. The molecule has 0 bridgehead atoms. The number of para-hydroxylation sites is 1. The number of rotatable bonds is 6. The third-order valence-electron chi connectivity index (χ3n) is 5.05. The second-order valence-corrected chi connectivity index (χ2v) is 10.7. The van der Waals surface area contributed by atoms with Crippen molar-refractivity contribution in [2.24, 2.45) is 0 Å². The predicted octanol–water partition coefficient (Wildman–Crippen LogP) is 5.23. The molecule has 2 unspecified atom stereocenters. The lowest BCUT2D eigenvalue weighted by atomic mass is 10.0. The molecule has 0 aromatic heterocycles. The number of sulfone groups is 1. The fourth-order valence-electron chi connectivity index (χ4n) is 3.63. The first-order chi connectivity index (χ1) is 13.7. The Hall–Kier alpha value is -1.89. The van der Waals surface area contributed by atoms with Gasteiger partial charge < -0.3 is 4.74 Å². The molecule has 3 rings (SSSR count). The van der Waals surface area contributed by atoms with Crippen LogP contribution in [-0.4, -0.2) is 36.9 Å². The van der Waals surface area contributed by atoms with Crippen LogP contribution in [0.15, 0.2) is 59.5 Å². The summed E-state index contributed by atoms with van der Waals surface area (Å²) in [6, 6.07) is 16.3. The van der Waals surface area contributed by atoms with Gasteiger partial charge in [-0.3, -0.25) is 4.84 Å².